The lowest BCUT2D eigenvalue weighted by atomic mass is 10.0. The molecule has 0 aliphatic carbocycles. The Bertz CT molecular complexity index is 547. The fourth-order valence-corrected chi connectivity index (χ4v) is 2.45. The van der Waals surface area contributed by atoms with E-state index >= 15 is 0 Å². The fraction of sp³-hybridized carbons (Fsp3) is 0.429. The SMILES string of the molecule is O=C(O)[C@H]1[C@H](C(F)(F)F)CCN1C(=O)OCc1ccccc1. The molecule has 5 nitrogen and oxygen atoms in total. The summed E-state index contributed by atoms with van der Waals surface area (Å²) in [5.74, 6) is -3.76. The summed E-state index contributed by atoms with van der Waals surface area (Å²) in [6.45, 7) is -0.423. The number of carbonyl (C=O) groups excluding carboxylic acids is 1. The number of aliphatic carboxylic acids is 1. The minimum absolute atomic E-state index is 0.126. The van der Waals surface area contributed by atoms with Crippen molar-refractivity contribution in [1.29, 1.82) is 0 Å². The lowest BCUT2D eigenvalue weighted by Crippen LogP contribution is -2.46. The third kappa shape index (κ3) is 3.49. The molecule has 8 heteroatoms. The van der Waals surface area contributed by atoms with Crippen LogP contribution in [0.2, 0.25) is 0 Å². The van der Waals surface area contributed by atoms with Gasteiger partial charge in [-0.15, -0.1) is 0 Å². The van der Waals surface area contributed by atoms with Crippen LogP contribution in [0.5, 0.6) is 0 Å². The van der Waals surface area contributed by atoms with E-state index in [2.05, 4.69) is 0 Å². The van der Waals surface area contributed by atoms with Crippen molar-refractivity contribution in [3.63, 3.8) is 0 Å². The molecule has 1 aromatic carbocycles. The zero-order valence-electron chi connectivity index (χ0n) is 11.4. The molecule has 0 aromatic heterocycles. The van der Waals surface area contributed by atoms with Crippen LogP contribution < -0.4 is 0 Å². The Labute approximate surface area is 124 Å². The Kier molecular flexibility index (Phi) is 4.58. The number of hydrogen-bond donors (Lipinski definition) is 1. The fourth-order valence-electron chi connectivity index (χ4n) is 2.45. The zero-order chi connectivity index (χ0) is 16.3. The molecule has 0 saturated carbocycles. The normalized spacial score (nSPS) is 21.7. The molecule has 0 bridgehead atoms. The van der Waals surface area contributed by atoms with Crippen LogP contribution in [0.1, 0.15) is 12.0 Å². The summed E-state index contributed by atoms with van der Waals surface area (Å²) in [6, 6.07) is 6.63. The van der Waals surface area contributed by atoms with Crippen LogP contribution in [0, 0.1) is 5.92 Å². The summed E-state index contributed by atoms with van der Waals surface area (Å²) in [7, 11) is 0. The van der Waals surface area contributed by atoms with Gasteiger partial charge in [0.1, 0.15) is 12.6 Å². The average Bonchev–Trinajstić information content (AvgIpc) is 2.91. The third-order valence-corrected chi connectivity index (χ3v) is 3.51. The van der Waals surface area contributed by atoms with Crippen LogP contribution in [0.3, 0.4) is 0 Å². The first-order valence-corrected chi connectivity index (χ1v) is 6.57. The van der Waals surface area contributed by atoms with Gasteiger partial charge >= 0.3 is 18.2 Å². The van der Waals surface area contributed by atoms with E-state index in [1.54, 1.807) is 30.3 Å². The number of nitrogens with zero attached hydrogens (tertiary/aromatic N) is 1. The van der Waals surface area contributed by atoms with E-state index in [-0.39, 0.29) is 13.2 Å². The van der Waals surface area contributed by atoms with Crippen LogP contribution in [-0.4, -0.2) is 40.8 Å². The molecule has 1 N–H and O–H groups in total. The van der Waals surface area contributed by atoms with Crippen molar-refractivity contribution in [3.05, 3.63) is 35.9 Å². The maximum atomic E-state index is 12.8. The third-order valence-electron chi connectivity index (χ3n) is 3.51. The van der Waals surface area contributed by atoms with Crippen LogP contribution in [0.25, 0.3) is 0 Å². The smallest absolute Gasteiger partial charge is 0.410 e. The van der Waals surface area contributed by atoms with Gasteiger partial charge in [0.25, 0.3) is 0 Å². The predicted molar refractivity (Wildman–Crippen MR) is 68.9 cm³/mol. The molecule has 1 heterocycles. The molecule has 0 unspecified atom stereocenters. The molecular weight excluding hydrogens is 303 g/mol. The van der Waals surface area contributed by atoms with Gasteiger partial charge in [0.2, 0.25) is 0 Å². The van der Waals surface area contributed by atoms with Crippen LogP contribution in [0.15, 0.2) is 30.3 Å². The number of hydrogen-bond acceptors (Lipinski definition) is 3. The summed E-state index contributed by atoms with van der Waals surface area (Å²) < 4.78 is 43.4. The van der Waals surface area contributed by atoms with Crippen LogP contribution >= 0.6 is 0 Å². The molecule has 22 heavy (non-hydrogen) atoms. The number of ether oxygens (including phenoxy) is 1. The number of alkyl halides is 3. The van der Waals surface area contributed by atoms with Gasteiger partial charge in [0.15, 0.2) is 0 Å². The van der Waals surface area contributed by atoms with Gasteiger partial charge in [-0.25, -0.2) is 9.59 Å². The Balaban J connectivity index is 2.04. The first-order chi connectivity index (χ1) is 10.3. The highest BCUT2D eigenvalue weighted by Crippen LogP contribution is 2.38. The molecule has 0 radical (unpaired) electrons. The van der Waals surface area contributed by atoms with Gasteiger partial charge in [0, 0.05) is 6.54 Å². The van der Waals surface area contributed by atoms with Gasteiger partial charge in [-0.1, -0.05) is 30.3 Å². The van der Waals surface area contributed by atoms with E-state index in [1.807, 2.05) is 0 Å². The topological polar surface area (TPSA) is 66.8 Å². The lowest BCUT2D eigenvalue weighted by molar-refractivity contribution is -0.187. The monoisotopic (exact) mass is 317 g/mol. The summed E-state index contributed by atoms with van der Waals surface area (Å²) in [5, 5.41) is 9.00. The predicted octanol–water partition coefficient (Wildman–Crippen LogP) is 2.66. The van der Waals surface area contributed by atoms with Crippen molar-refractivity contribution >= 4 is 12.1 Å². The average molecular weight is 317 g/mol. The molecule has 120 valence electrons. The molecule has 0 spiro atoms. The van der Waals surface area contributed by atoms with Crippen molar-refractivity contribution in [1.82, 2.24) is 4.90 Å². The van der Waals surface area contributed by atoms with Gasteiger partial charge in [-0.2, -0.15) is 13.2 Å². The van der Waals surface area contributed by atoms with Gasteiger partial charge in [-0.05, 0) is 12.0 Å². The molecule has 2 atom stereocenters. The summed E-state index contributed by atoms with van der Waals surface area (Å²) >= 11 is 0. The Morgan fingerprint density at radius 1 is 1.27 bits per heavy atom. The van der Waals surface area contributed by atoms with Crippen LogP contribution in [-0.2, 0) is 16.1 Å². The minimum atomic E-state index is -4.67. The second kappa shape index (κ2) is 6.25. The van der Waals surface area contributed by atoms with Crippen LogP contribution in [0.4, 0.5) is 18.0 Å². The number of carboxylic acids is 1. The number of amides is 1. The quantitative estimate of drug-likeness (QED) is 0.931. The van der Waals surface area contributed by atoms with Gasteiger partial charge in [-0.3, -0.25) is 4.90 Å². The standard InChI is InChI=1S/C14H14F3NO4/c15-14(16,17)10-6-7-18(11(10)12(19)20)13(21)22-8-9-4-2-1-3-5-9/h1-5,10-11H,6-8H2,(H,19,20)/t10-,11-/m1/s1. The molecule has 1 aromatic rings. The largest absolute Gasteiger partial charge is 0.480 e. The molecule has 1 aliphatic heterocycles. The second-order valence-corrected chi connectivity index (χ2v) is 4.95. The molecule has 1 amide bonds. The highest BCUT2D eigenvalue weighted by atomic mass is 19.4. The molecule has 1 fully saturated rings. The zero-order valence-corrected chi connectivity index (χ0v) is 11.4. The summed E-state index contributed by atoms with van der Waals surface area (Å²) in [5.41, 5.74) is 0.661. The molecular formula is C14H14F3NO4. The van der Waals surface area contributed by atoms with E-state index in [4.69, 9.17) is 9.84 Å². The highest BCUT2D eigenvalue weighted by Gasteiger charge is 2.55. The van der Waals surface area contributed by atoms with E-state index in [0.717, 1.165) is 0 Å². The van der Waals surface area contributed by atoms with E-state index < -0.39 is 36.6 Å². The first kappa shape index (κ1) is 16.1. The maximum Gasteiger partial charge on any atom is 0.410 e. The van der Waals surface area contributed by atoms with E-state index in [1.165, 1.54) is 0 Å². The van der Waals surface area contributed by atoms with Gasteiger partial charge < -0.3 is 9.84 Å². The number of benzene rings is 1. The maximum absolute atomic E-state index is 12.8. The number of halogens is 3. The number of rotatable bonds is 3. The van der Waals surface area contributed by atoms with Crippen molar-refractivity contribution in [3.8, 4) is 0 Å². The van der Waals surface area contributed by atoms with Crippen molar-refractivity contribution < 1.29 is 32.6 Å². The lowest BCUT2D eigenvalue weighted by Gasteiger charge is -2.25. The van der Waals surface area contributed by atoms with Crippen molar-refractivity contribution in [2.75, 3.05) is 6.54 Å². The van der Waals surface area contributed by atoms with Crippen molar-refractivity contribution in [2.45, 2.75) is 25.2 Å². The highest BCUT2D eigenvalue weighted by molar-refractivity contribution is 5.81. The molecule has 2 rings (SSSR count). The molecule has 1 saturated heterocycles. The minimum Gasteiger partial charge on any atom is -0.480 e. The van der Waals surface area contributed by atoms with E-state index in [0.29, 0.717) is 10.5 Å². The van der Waals surface area contributed by atoms with Crippen molar-refractivity contribution in [2.24, 2.45) is 5.92 Å². The Hall–Kier alpha value is -2.25. The Morgan fingerprint density at radius 2 is 1.91 bits per heavy atom. The number of carboxylic acid groups (broad SMARTS) is 1. The summed E-state index contributed by atoms with van der Waals surface area (Å²) in [4.78, 5) is 23.6. The number of carbonyl (C=O) groups is 2. The second-order valence-electron chi connectivity index (χ2n) is 4.95. The Morgan fingerprint density at radius 3 is 2.45 bits per heavy atom. The number of likely N-dealkylation sites (tertiary alicyclic amines) is 1. The summed E-state index contributed by atoms with van der Waals surface area (Å²) in [6.07, 6.45) is -6.17. The first-order valence-electron chi connectivity index (χ1n) is 6.57. The molecule has 1 aliphatic rings. The van der Waals surface area contributed by atoms with Gasteiger partial charge in [0.05, 0.1) is 5.92 Å². The van der Waals surface area contributed by atoms with E-state index in [9.17, 15) is 22.8 Å².